The predicted molar refractivity (Wildman–Crippen MR) is 66.9 cm³/mol. The molecule has 18 heavy (non-hydrogen) atoms. The largest absolute Gasteiger partial charge is 0.494 e. The molecule has 0 bridgehead atoms. The van der Waals surface area contributed by atoms with Crippen molar-refractivity contribution in [3.63, 3.8) is 0 Å². The van der Waals surface area contributed by atoms with E-state index >= 15 is 0 Å². The lowest BCUT2D eigenvalue weighted by Gasteiger charge is -2.38. The molecular weight excluding hydrogens is 236 g/mol. The summed E-state index contributed by atoms with van der Waals surface area (Å²) in [4.78, 5) is 0. The van der Waals surface area contributed by atoms with Gasteiger partial charge < -0.3 is 10.5 Å². The second kappa shape index (κ2) is 4.84. The number of alkyl halides is 2. The number of para-hydroxylation sites is 1. The van der Waals surface area contributed by atoms with Gasteiger partial charge in [-0.1, -0.05) is 18.2 Å². The van der Waals surface area contributed by atoms with Gasteiger partial charge in [0.05, 0.1) is 6.61 Å². The van der Waals surface area contributed by atoms with Crippen LogP contribution in [0.1, 0.15) is 38.2 Å². The summed E-state index contributed by atoms with van der Waals surface area (Å²) in [6, 6.07) is 7.48. The molecule has 1 fully saturated rings. The lowest BCUT2D eigenvalue weighted by atomic mass is 9.76. The van der Waals surface area contributed by atoms with Crippen LogP contribution in [0.3, 0.4) is 0 Å². The Morgan fingerprint density at radius 3 is 2.39 bits per heavy atom. The molecule has 0 aliphatic heterocycles. The Morgan fingerprint density at radius 1 is 1.17 bits per heavy atom. The van der Waals surface area contributed by atoms with E-state index in [1.165, 1.54) is 0 Å². The van der Waals surface area contributed by atoms with Gasteiger partial charge in [0.2, 0.25) is 5.92 Å². The highest BCUT2D eigenvalue weighted by Gasteiger charge is 2.43. The maximum absolute atomic E-state index is 13.2. The molecule has 1 saturated carbocycles. The van der Waals surface area contributed by atoms with Crippen LogP contribution in [0.25, 0.3) is 0 Å². The first-order chi connectivity index (χ1) is 8.47. The number of benzene rings is 1. The van der Waals surface area contributed by atoms with Gasteiger partial charge in [0.1, 0.15) is 5.75 Å². The zero-order chi connectivity index (χ0) is 13.2. The lowest BCUT2D eigenvalue weighted by Crippen LogP contribution is -2.43. The fraction of sp³-hybridized carbons (Fsp3) is 0.571. The van der Waals surface area contributed by atoms with Gasteiger partial charge in [0.25, 0.3) is 0 Å². The molecule has 0 saturated heterocycles. The summed E-state index contributed by atoms with van der Waals surface area (Å²) in [5.41, 5.74) is 6.48. The summed E-state index contributed by atoms with van der Waals surface area (Å²) in [5, 5.41) is 0. The topological polar surface area (TPSA) is 35.2 Å². The second-order valence-electron chi connectivity index (χ2n) is 4.94. The Hall–Kier alpha value is -1.16. The van der Waals surface area contributed by atoms with Crippen LogP contribution in [0.15, 0.2) is 24.3 Å². The first kappa shape index (κ1) is 13.3. The molecule has 0 aromatic heterocycles. The summed E-state index contributed by atoms with van der Waals surface area (Å²) in [6.45, 7) is 2.44. The van der Waals surface area contributed by atoms with Crippen molar-refractivity contribution in [3.8, 4) is 5.75 Å². The van der Waals surface area contributed by atoms with Gasteiger partial charge in [-0.2, -0.15) is 0 Å². The highest BCUT2D eigenvalue weighted by atomic mass is 19.3. The van der Waals surface area contributed by atoms with E-state index in [0.717, 1.165) is 5.56 Å². The van der Waals surface area contributed by atoms with Gasteiger partial charge in [0, 0.05) is 23.9 Å². The molecule has 1 aliphatic carbocycles. The van der Waals surface area contributed by atoms with Crippen LogP contribution in [0, 0.1) is 0 Å². The van der Waals surface area contributed by atoms with Crippen molar-refractivity contribution >= 4 is 0 Å². The van der Waals surface area contributed by atoms with E-state index in [-0.39, 0.29) is 12.8 Å². The fourth-order valence-corrected chi connectivity index (χ4v) is 2.49. The molecule has 0 unspecified atom stereocenters. The Labute approximate surface area is 106 Å². The minimum Gasteiger partial charge on any atom is -0.494 e. The zero-order valence-corrected chi connectivity index (χ0v) is 10.6. The quantitative estimate of drug-likeness (QED) is 0.897. The number of halogens is 2. The van der Waals surface area contributed by atoms with Crippen LogP contribution >= 0.6 is 0 Å². The summed E-state index contributed by atoms with van der Waals surface area (Å²) >= 11 is 0. The number of nitrogens with two attached hydrogens (primary N) is 1. The third-order valence-corrected chi connectivity index (χ3v) is 3.60. The molecule has 2 rings (SSSR count). The fourth-order valence-electron chi connectivity index (χ4n) is 2.49. The standard InChI is InChI=1S/C14H19F2NO/c1-2-18-12-6-4-3-5-11(12)13(17)7-9-14(15,16)10-8-13/h3-6H,2,7-10,17H2,1H3. The molecule has 0 spiro atoms. The molecule has 2 N–H and O–H groups in total. The van der Waals surface area contributed by atoms with Crippen molar-refractivity contribution in [1.29, 1.82) is 0 Å². The van der Waals surface area contributed by atoms with E-state index in [2.05, 4.69) is 0 Å². The van der Waals surface area contributed by atoms with E-state index in [1.807, 2.05) is 31.2 Å². The second-order valence-corrected chi connectivity index (χ2v) is 4.94. The Kier molecular flexibility index (Phi) is 3.57. The summed E-state index contributed by atoms with van der Waals surface area (Å²) < 4.78 is 32.0. The van der Waals surface area contributed by atoms with Crippen molar-refractivity contribution < 1.29 is 13.5 Å². The minimum absolute atomic E-state index is 0.149. The van der Waals surface area contributed by atoms with E-state index in [0.29, 0.717) is 25.2 Å². The first-order valence-corrected chi connectivity index (χ1v) is 6.36. The minimum atomic E-state index is -2.57. The van der Waals surface area contributed by atoms with Gasteiger partial charge in [0.15, 0.2) is 0 Å². The molecule has 2 nitrogen and oxygen atoms in total. The van der Waals surface area contributed by atoms with Gasteiger partial charge in [-0.25, -0.2) is 8.78 Å². The van der Waals surface area contributed by atoms with Crippen LogP contribution in [0.5, 0.6) is 5.75 Å². The first-order valence-electron chi connectivity index (χ1n) is 6.36. The Balaban J connectivity index is 2.25. The van der Waals surface area contributed by atoms with Crippen LogP contribution in [-0.4, -0.2) is 12.5 Å². The van der Waals surface area contributed by atoms with Crippen LogP contribution in [0.2, 0.25) is 0 Å². The average molecular weight is 255 g/mol. The van der Waals surface area contributed by atoms with Crippen LogP contribution < -0.4 is 10.5 Å². The van der Waals surface area contributed by atoms with Gasteiger partial charge in [-0.05, 0) is 25.8 Å². The number of hydrogen-bond acceptors (Lipinski definition) is 2. The molecule has 100 valence electrons. The van der Waals surface area contributed by atoms with Crippen molar-refractivity contribution in [3.05, 3.63) is 29.8 Å². The van der Waals surface area contributed by atoms with Crippen molar-refractivity contribution in [2.45, 2.75) is 44.1 Å². The molecule has 0 radical (unpaired) electrons. The van der Waals surface area contributed by atoms with Gasteiger partial charge in [-0.15, -0.1) is 0 Å². The van der Waals surface area contributed by atoms with E-state index in [9.17, 15) is 8.78 Å². The SMILES string of the molecule is CCOc1ccccc1C1(N)CCC(F)(F)CC1. The summed E-state index contributed by atoms with van der Waals surface area (Å²) in [5.74, 6) is -1.85. The number of rotatable bonds is 3. The maximum Gasteiger partial charge on any atom is 0.248 e. The monoisotopic (exact) mass is 255 g/mol. The molecular formula is C14H19F2NO. The third kappa shape index (κ3) is 2.64. The molecule has 4 heteroatoms. The molecule has 1 aromatic carbocycles. The molecule has 1 aliphatic rings. The molecule has 1 aromatic rings. The summed E-state index contributed by atoms with van der Waals surface area (Å²) in [7, 11) is 0. The normalized spacial score (nSPS) is 21.6. The predicted octanol–water partition coefficient (Wildman–Crippen LogP) is 3.45. The molecule has 0 amide bonds. The Bertz CT molecular complexity index is 410. The van der Waals surface area contributed by atoms with Crippen LogP contribution in [-0.2, 0) is 5.54 Å². The van der Waals surface area contributed by atoms with Crippen molar-refractivity contribution in [1.82, 2.24) is 0 Å². The van der Waals surface area contributed by atoms with Gasteiger partial charge >= 0.3 is 0 Å². The smallest absolute Gasteiger partial charge is 0.248 e. The van der Waals surface area contributed by atoms with Crippen molar-refractivity contribution in [2.24, 2.45) is 5.73 Å². The maximum atomic E-state index is 13.2. The average Bonchev–Trinajstić information content (AvgIpc) is 2.35. The summed E-state index contributed by atoms with van der Waals surface area (Å²) in [6.07, 6.45) is 0.294. The number of ether oxygens (including phenoxy) is 1. The Morgan fingerprint density at radius 2 is 1.78 bits per heavy atom. The highest BCUT2D eigenvalue weighted by molar-refractivity contribution is 5.39. The van der Waals surface area contributed by atoms with E-state index in [4.69, 9.17) is 10.5 Å². The van der Waals surface area contributed by atoms with Crippen LogP contribution in [0.4, 0.5) is 8.78 Å². The molecule has 0 atom stereocenters. The third-order valence-electron chi connectivity index (χ3n) is 3.60. The van der Waals surface area contributed by atoms with Crippen molar-refractivity contribution in [2.75, 3.05) is 6.61 Å². The lowest BCUT2D eigenvalue weighted by molar-refractivity contribution is -0.0516. The zero-order valence-electron chi connectivity index (χ0n) is 10.6. The molecule has 0 heterocycles. The number of hydrogen-bond donors (Lipinski definition) is 1. The van der Waals surface area contributed by atoms with Gasteiger partial charge in [-0.3, -0.25) is 0 Å². The highest BCUT2D eigenvalue weighted by Crippen LogP contribution is 2.44. The van der Waals surface area contributed by atoms with E-state index in [1.54, 1.807) is 0 Å². The van der Waals surface area contributed by atoms with E-state index < -0.39 is 11.5 Å².